The van der Waals surface area contributed by atoms with Gasteiger partial charge in [-0.2, -0.15) is 0 Å². The van der Waals surface area contributed by atoms with Gasteiger partial charge < -0.3 is 20.9 Å². The number of unbranched alkanes of at least 4 members (excludes halogenated alkanes) is 2. The van der Waals surface area contributed by atoms with Gasteiger partial charge in [-0.05, 0) is 57.5 Å². The lowest BCUT2D eigenvalue weighted by Crippen LogP contribution is -2.49. The van der Waals surface area contributed by atoms with E-state index in [0.29, 0.717) is 30.2 Å². The van der Waals surface area contributed by atoms with Gasteiger partial charge in [0.2, 0.25) is 5.91 Å². The molecule has 0 radical (unpaired) electrons. The normalized spacial score (nSPS) is 15.7. The highest BCUT2D eigenvalue weighted by molar-refractivity contribution is 5.96. The van der Waals surface area contributed by atoms with Gasteiger partial charge in [0.25, 0.3) is 5.91 Å². The van der Waals surface area contributed by atoms with E-state index in [0.717, 1.165) is 64.7 Å². The summed E-state index contributed by atoms with van der Waals surface area (Å²) in [6.45, 7) is 8.11. The van der Waals surface area contributed by atoms with Crippen LogP contribution in [0.15, 0.2) is 30.3 Å². The number of Topliss-reactive ketones (excluding diaryl/α,β-unsaturated/α-hetero) is 1. The third-order valence-corrected chi connectivity index (χ3v) is 6.40. The maximum absolute atomic E-state index is 12.5. The van der Waals surface area contributed by atoms with Crippen LogP contribution in [0.2, 0.25) is 0 Å². The third-order valence-electron chi connectivity index (χ3n) is 6.40. The highest BCUT2D eigenvalue weighted by atomic mass is 16.2. The van der Waals surface area contributed by atoms with E-state index in [1.54, 1.807) is 24.3 Å². The molecule has 2 rings (SSSR count). The van der Waals surface area contributed by atoms with Crippen molar-refractivity contribution in [1.82, 2.24) is 20.9 Å². The summed E-state index contributed by atoms with van der Waals surface area (Å²) >= 11 is 0. The van der Waals surface area contributed by atoms with E-state index in [1.165, 1.54) is 0 Å². The lowest BCUT2D eigenvalue weighted by Gasteiger charge is -2.32. The number of rotatable bonds is 15. The number of hydrogen-bond donors (Lipinski definition) is 3. The predicted octanol–water partition coefficient (Wildman–Crippen LogP) is 2.90. The molecule has 33 heavy (non-hydrogen) atoms. The molecule has 0 spiro atoms. The van der Waals surface area contributed by atoms with Crippen molar-refractivity contribution >= 4 is 17.6 Å². The minimum atomic E-state index is -0.247. The Kier molecular flexibility index (Phi) is 12.7. The molecule has 3 N–H and O–H groups in total. The van der Waals surface area contributed by atoms with Gasteiger partial charge in [-0.25, -0.2) is 0 Å². The van der Waals surface area contributed by atoms with E-state index in [1.807, 2.05) is 13.0 Å². The van der Waals surface area contributed by atoms with E-state index in [2.05, 4.69) is 27.8 Å². The van der Waals surface area contributed by atoms with Gasteiger partial charge in [-0.1, -0.05) is 44.9 Å². The molecular weight excluding hydrogens is 416 g/mol. The van der Waals surface area contributed by atoms with Crippen molar-refractivity contribution in [3.8, 4) is 0 Å². The van der Waals surface area contributed by atoms with Crippen LogP contribution < -0.4 is 16.0 Å². The molecular formula is C26H42N4O3. The summed E-state index contributed by atoms with van der Waals surface area (Å²) in [6.07, 6.45) is 7.22. The number of piperidine rings is 1. The Hall–Kier alpha value is -2.25. The molecule has 1 aliphatic heterocycles. The van der Waals surface area contributed by atoms with Crippen LogP contribution in [-0.2, 0) is 9.59 Å². The molecule has 1 aliphatic rings. The van der Waals surface area contributed by atoms with E-state index in [9.17, 15) is 14.4 Å². The quantitative estimate of drug-likeness (QED) is 0.352. The monoisotopic (exact) mass is 458 g/mol. The van der Waals surface area contributed by atoms with Gasteiger partial charge in [0, 0.05) is 37.0 Å². The largest absolute Gasteiger partial charge is 0.351 e. The van der Waals surface area contributed by atoms with Crippen molar-refractivity contribution in [2.24, 2.45) is 0 Å². The standard InChI is InChI=1S/C26H42N4O3/c1-3-24(31)14-10-6-9-13-23(19-27-22-15-17-30(4-2)18-16-22)29-25(32)20-28-26(33)21-11-7-5-8-12-21/h5,7-8,11-12,22-23,27H,3-4,6,9-10,13-20H2,1-2H3,(H,28,33)(H,29,32). The summed E-state index contributed by atoms with van der Waals surface area (Å²) in [6, 6.07) is 9.40. The van der Waals surface area contributed by atoms with Gasteiger partial charge in [-0.15, -0.1) is 0 Å². The van der Waals surface area contributed by atoms with E-state index < -0.39 is 0 Å². The van der Waals surface area contributed by atoms with Crippen molar-refractivity contribution in [2.75, 3.05) is 32.7 Å². The summed E-state index contributed by atoms with van der Waals surface area (Å²) in [5.41, 5.74) is 0.545. The Morgan fingerprint density at radius 2 is 1.76 bits per heavy atom. The number of carbonyl (C=O) groups excluding carboxylic acids is 3. The minimum absolute atomic E-state index is 0.0113. The molecule has 0 aliphatic carbocycles. The summed E-state index contributed by atoms with van der Waals surface area (Å²) in [7, 11) is 0. The van der Waals surface area contributed by atoms with E-state index in [-0.39, 0.29) is 24.4 Å². The minimum Gasteiger partial charge on any atom is -0.351 e. The van der Waals surface area contributed by atoms with Gasteiger partial charge in [-0.3, -0.25) is 14.4 Å². The molecule has 1 aromatic carbocycles. The highest BCUT2D eigenvalue weighted by Crippen LogP contribution is 2.11. The van der Waals surface area contributed by atoms with Crippen LogP contribution in [0.25, 0.3) is 0 Å². The van der Waals surface area contributed by atoms with Crippen LogP contribution in [0, 0.1) is 0 Å². The van der Waals surface area contributed by atoms with Crippen molar-refractivity contribution in [2.45, 2.75) is 77.3 Å². The van der Waals surface area contributed by atoms with E-state index in [4.69, 9.17) is 0 Å². The molecule has 1 atom stereocenters. The fourth-order valence-electron chi connectivity index (χ4n) is 4.18. The fraction of sp³-hybridized carbons (Fsp3) is 0.654. The zero-order valence-electron chi connectivity index (χ0n) is 20.4. The molecule has 0 aromatic heterocycles. The van der Waals surface area contributed by atoms with Crippen molar-refractivity contribution in [3.63, 3.8) is 0 Å². The zero-order chi connectivity index (χ0) is 23.9. The van der Waals surface area contributed by atoms with E-state index >= 15 is 0 Å². The maximum atomic E-state index is 12.5. The molecule has 7 nitrogen and oxygen atoms in total. The molecule has 0 saturated carbocycles. The first kappa shape index (κ1) is 27.0. The first-order chi connectivity index (χ1) is 16.0. The zero-order valence-corrected chi connectivity index (χ0v) is 20.4. The molecule has 1 heterocycles. The molecule has 1 saturated heterocycles. The van der Waals surface area contributed by atoms with Gasteiger partial charge in [0.05, 0.1) is 6.54 Å². The highest BCUT2D eigenvalue weighted by Gasteiger charge is 2.20. The Labute approximate surface area is 199 Å². The Morgan fingerprint density at radius 3 is 2.42 bits per heavy atom. The second-order valence-corrected chi connectivity index (χ2v) is 8.92. The van der Waals surface area contributed by atoms with Crippen LogP contribution in [0.4, 0.5) is 0 Å². The number of hydrogen-bond acceptors (Lipinski definition) is 5. The lowest BCUT2D eigenvalue weighted by atomic mass is 10.0. The first-order valence-electron chi connectivity index (χ1n) is 12.6. The van der Waals surface area contributed by atoms with Crippen molar-refractivity contribution in [3.05, 3.63) is 35.9 Å². The number of amides is 2. The molecule has 1 unspecified atom stereocenters. The molecule has 0 bridgehead atoms. The number of carbonyl (C=O) groups is 3. The second kappa shape index (κ2) is 15.6. The number of likely N-dealkylation sites (tertiary alicyclic amines) is 1. The summed E-state index contributed by atoms with van der Waals surface area (Å²) in [5, 5.41) is 9.45. The first-order valence-corrected chi connectivity index (χ1v) is 12.6. The molecule has 7 heteroatoms. The maximum Gasteiger partial charge on any atom is 0.251 e. The van der Waals surface area contributed by atoms with Gasteiger partial charge in [0.1, 0.15) is 5.78 Å². The lowest BCUT2D eigenvalue weighted by molar-refractivity contribution is -0.121. The van der Waals surface area contributed by atoms with Crippen LogP contribution in [0.1, 0.15) is 75.6 Å². The van der Waals surface area contributed by atoms with Crippen LogP contribution in [-0.4, -0.2) is 67.3 Å². The fourth-order valence-corrected chi connectivity index (χ4v) is 4.18. The number of benzene rings is 1. The average molecular weight is 459 g/mol. The molecule has 2 amide bonds. The summed E-state index contributed by atoms with van der Waals surface area (Å²) in [5.74, 6) is -0.106. The van der Waals surface area contributed by atoms with Crippen molar-refractivity contribution < 1.29 is 14.4 Å². The Morgan fingerprint density at radius 1 is 1.03 bits per heavy atom. The molecule has 1 aromatic rings. The average Bonchev–Trinajstić information content (AvgIpc) is 2.86. The van der Waals surface area contributed by atoms with Crippen LogP contribution >= 0.6 is 0 Å². The van der Waals surface area contributed by atoms with Crippen LogP contribution in [0.3, 0.4) is 0 Å². The van der Waals surface area contributed by atoms with Gasteiger partial charge in [0.15, 0.2) is 0 Å². The van der Waals surface area contributed by atoms with Crippen molar-refractivity contribution in [1.29, 1.82) is 0 Å². The second-order valence-electron chi connectivity index (χ2n) is 8.92. The van der Waals surface area contributed by atoms with Gasteiger partial charge >= 0.3 is 0 Å². The number of ketones is 1. The molecule has 1 fully saturated rings. The Bertz CT molecular complexity index is 718. The third kappa shape index (κ3) is 10.9. The summed E-state index contributed by atoms with van der Waals surface area (Å²) in [4.78, 5) is 38.7. The predicted molar refractivity (Wildman–Crippen MR) is 132 cm³/mol. The number of nitrogens with zero attached hydrogens (tertiary/aromatic N) is 1. The smallest absolute Gasteiger partial charge is 0.251 e. The van der Waals surface area contributed by atoms with Crippen LogP contribution in [0.5, 0.6) is 0 Å². The molecule has 184 valence electrons. The summed E-state index contributed by atoms with van der Waals surface area (Å²) < 4.78 is 0. The number of nitrogens with one attached hydrogen (secondary N) is 3. The topological polar surface area (TPSA) is 90.5 Å². The SMILES string of the molecule is CCC(=O)CCCCCC(CNC1CCN(CC)CC1)NC(=O)CNC(=O)c1ccccc1. The Balaban J connectivity index is 1.77.